The van der Waals surface area contributed by atoms with Crippen molar-refractivity contribution >= 4 is 5.97 Å². The summed E-state index contributed by atoms with van der Waals surface area (Å²) in [5.74, 6) is -0.302. The molecule has 1 aliphatic rings. The molecule has 1 aromatic rings. The van der Waals surface area contributed by atoms with Crippen LogP contribution in [-0.2, 0) is 0 Å². The molecule has 0 heterocycles. The van der Waals surface area contributed by atoms with Crippen LogP contribution in [0, 0.1) is 0 Å². The molecule has 0 amide bonds. The number of hydrogen-bond donors (Lipinski definition) is 1. The molecule has 0 aromatic heterocycles. The fourth-order valence-electron chi connectivity index (χ4n) is 2.04. The fourth-order valence-corrected chi connectivity index (χ4v) is 2.04. The van der Waals surface area contributed by atoms with E-state index in [1.54, 1.807) is 24.3 Å². The number of aromatic carboxylic acids is 1. The molecule has 0 radical (unpaired) electrons. The standard InChI is InChI=1S/C14H19NO3/c1-15(12-5-3-6-12)8-9-18-13-7-2-4-11(10-13)14(16)17/h2,4,7,10,12H,3,5-6,8-9H2,1H3,(H,16,17). The number of rotatable bonds is 6. The summed E-state index contributed by atoms with van der Waals surface area (Å²) in [6.45, 7) is 1.47. The van der Waals surface area contributed by atoms with E-state index in [4.69, 9.17) is 9.84 Å². The first-order valence-electron chi connectivity index (χ1n) is 6.33. The number of carboxylic acid groups (broad SMARTS) is 1. The van der Waals surface area contributed by atoms with E-state index in [9.17, 15) is 4.79 Å². The predicted molar refractivity (Wildman–Crippen MR) is 69.2 cm³/mol. The van der Waals surface area contributed by atoms with Crippen LogP contribution in [0.15, 0.2) is 24.3 Å². The molecule has 2 rings (SSSR count). The molecule has 0 aliphatic heterocycles. The minimum Gasteiger partial charge on any atom is -0.492 e. The molecule has 4 heteroatoms. The van der Waals surface area contributed by atoms with E-state index in [2.05, 4.69) is 11.9 Å². The Kier molecular flexibility index (Phi) is 4.20. The molecule has 18 heavy (non-hydrogen) atoms. The molecule has 1 aliphatic carbocycles. The van der Waals surface area contributed by atoms with Crippen LogP contribution in [0.25, 0.3) is 0 Å². The smallest absolute Gasteiger partial charge is 0.335 e. The molecule has 0 saturated heterocycles. The van der Waals surface area contributed by atoms with Crippen molar-refractivity contribution in [3.63, 3.8) is 0 Å². The monoisotopic (exact) mass is 249 g/mol. The highest BCUT2D eigenvalue weighted by Crippen LogP contribution is 2.23. The van der Waals surface area contributed by atoms with E-state index < -0.39 is 5.97 Å². The van der Waals surface area contributed by atoms with Gasteiger partial charge in [0, 0.05) is 12.6 Å². The number of hydrogen-bond acceptors (Lipinski definition) is 3. The second-order valence-corrected chi connectivity index (χ2v) is 4.75. The summed E-state index contributed by atoms with van der Waals surface area (Å²) in [5, 5.41) is 8.87. The van der Waals surface area contributed by atoms with Gasteiger partial charge in [-0.15, -0.1) is 0 Å². The van der Waals surface area contributed by atoms with Gasteiger partial charge in [-0.3, -0.25) is 0 Å². The zero-order valence-electron chi connectivity index (χ0n) is 10.6. The van der Waals surface area contributed by atoms with Gasteiger partial charge in [0.25, 0.3) is 0 Å². The van der Waals surface area contributed by atoms with Gasteiger partial charge in [0.15, 0.2) is 0 Å². The Morgan fingerprint density at radius 1 is 1.50 bits per heavy atom. The Morgan fingerprint density at radius 3 is 2.89 bits per heavy atom. The molecular formula is C14H19NO3. The minimum absolute atomic E-state index is 0.264. The maximum absolute atomic E-state index is 10.8. The molecule has 0 unspecified atom stereocenters. The van der Waals surface area contributed by atoms with Crippen LogP contribution in [0.2, 0.25) is 0 Å². The number of nitrogens with zero attached hydrogens (tertiary/aromatic N) is 1. The highest BCUT2D eigenvalue weighted by molar-refractivity contribution is 5.87. The lowest BCUT2D eigenvalue weighted by Crippen LogP contribution is -2.39. The van der Waals surface area contributed by atoms with Crippen LogP contribution in [0.1, 0.15) is 29.6 Å². The first-order valence-corrected chi connectivity index (χ1v) is 6.33. The van der Waals surface area contributed by atoms with E-state index in [1.807, 2.05) is 0 Å². The van der Waals surface area contributed by atoms with Gasteiger partial charge >= 0.3 is 5.97 Å². The largest absolute Gasteiger partial charge is 0.492 e. The highest BCUT2D eigenvalue weighted by atomic mass is 16.5. The lowest BCUT2D eigenvalue weighted by molar-refractivity contribution is 0.0696. The third-order valence-corrected chi connectivity index (χ3v) is 3.49. The van der Waals surface area contributed by atoms with Crippen molar-refractivity contribution in [2.75, 3.05) is 20.2 Å². The molecule has 1 fully saturated rings. The molecular weight excluding hydrogens is 230 g/mol. The third-order valence-electron chi connectivity index (χ3n) is 3.49. The number of likely N-dealkylation sites (N-methyl/N-ethyl adjacent to an activating group) is 1. The van der Waals surface area contributed by atoms with Gasteiger partial charge in [-0.1, -0.05) is 12.5 Å². The van der Waals surface area contributed by atoms with Gasteiger partial charge in [0.1, 0.15) is 12.4 Å². The lowest BCUT2D eigenvalue weighted by atomic mass is 9.92. The summed E-state index contributed by atoms with van der Waals surface area (Å²) in [6.07, 6.45) is 3.90. The maximum atomic E-state index is 10.8. The molecule has 98 valence electrons. The summed E-state index contributed by atoms with van der Waals surface area (Å²) >= 11 is 0. The Balaban J connectivity index is 1.78. The molecule has 0 bridgehead atoms. The van der Waals surface area contributed by atoms with Crippen LogP contribution in [0.4, 0.5) is 0 Å². The Hall–Kier alpha value is -1.55. The van der Waals surface area contributed by atoms with Gasteiger partial charge in [0.05, 0.1) is 5.56 Å². The van der Waals surface area contributed by atoms with Crippen molar-refractivity contribution in [3.8, 4) is 5.75 Å². The summed E-state index contributed by atoms with van der Waals surface area (Å²) < 4.78 is 5.58. The van der Waals surface area contributed by atoms with E-state index in [1.165, 1.54) is 19.3 Å². The van der Waals surface area contributed by atoms with Crippen LogP contribution < -0.4 is 4.74 Å². The molecule has 1 aromatic carbocycles. The second-order valence-electron chi connectivity index (χ2n) is 4.75. The quantitative estimate of drug-likeness (QED) is 0.840. The van der Waals surface area contributed by atoms with Crippen LogP contribution >= 0.6 is 0 Å². The SMILES string of the molecule is CN(CCOc1cccc(C(=O)O)c1)C1CCC1. The predicted octanol–water partition coefficient (Wildman–Crippen LogP) is 2.25. The van der Waals surface area contributed by atoms with Crippen molar-refractivity contribution < 1.29 is 14.6 Å². The summed E-state index contributed by atoms with van der Waals surface area (Å²) in [4.78, 5) is 13.1. The molecule has 1 saturated carbocycles. The van der Waals surface area contributed by atoms with Crippen molar-refractivity contribution in [2.24, 2.45) is 0 Å². The van der Waals surface area contributed by atoms with Crippen LogP contribution in [0.5, 0.6) is 5.75 Å². The summed E-state index contributed by atoms with van der Waals surface area (Å²) in [6, 6.07) is 7.32. The van der Waals surface area contributed by atoms with Gasteiger partial charge in [-0.25, -0.2) is 4.79 Å². The average Bonchev–Trinajstić information content (AvgIpc) is 2.27. The maximum Gasteiger partial charge on any atom is 0.335 e. The number of carboxylic acids is 1. The minimum atomic E-state index is -0.924. The van der Waals surface area contributed by atoms with Gasteiger partial charge in [-0.05, 0) is 38.1 Å². The molecule has 0 atom stereocenters. The number of ether oxygens (including phenoxy) is 1. The molecule has 1 N–H and O–H groups in total. The Morgan fingerprint density at radius 2 is 2.28 bits per heavy atom. The van der Waals surface area contributed by atoms with Crippen molar-refractivity contribution in [1.82, 2.24) is 4.90 Å². The zero-order chi connectivity index (χ0) is 13.0. The third kappa shape index (κ3) is 3.23. The second kappa shape index (κ2) is 5.87. The number of benzene rings is 1. The first kappa shape index (κ1) is 12.9. The highest BCUT2D eigenvalue weighted by Gasteiger charge is 2.21. The fraction of sp³-hybridized carbons (Fsp3) is 0.500. The molecule has 4 nitrogen and oxygen atoms in total. The average molecular weight is 249 g/mol. The summed E-state index contributed by atoms with van der Waals surface area (Å²) in [5.41, 5.74) is 0.264. The normalized spacial score (nSPS) is 15.4. The lowest BCUT2D eigenvalue weighted by Gasteiger charge is -2.34. The van der Waals surface area contributed by atoms with Crippen LogP contribution in [-0.4, -0.2) is 42.2 Å². The first-order chi connectivity index (χ1) is 8.66. The van der Waals surface area contributed by atoms with Gasteiger partial charge < -0.3 is 14.7 Å². The number of carbonyl (C=O) groups is 1. The summed E-state index contributed by atoms with van der Waals surface area (Å²) in [7, 11) is 2.11. The van der Waals surface area contributed by atoms with E-state index in [0.29, 0.717) is 18.4 Å². The Labute approximate surface area is 107 Å². The Bertz CT molecular complexity index is 415. The van der Waals surface area contributed by atoms with Crippen molar-refractivity contribution in [3.05, 3.63) is 29.8 Å². The zero-order valence-corrected chi connectivity index (χ0v) is 10.6. The van der Waals surface area contributed by atoms with E-state index >= 15 is 0 Å². The van der Waals surface area contributed by atoms with Crippen molar-refractivity contribution in [1.29, 1.82) is 0 Å². The van der Waals surface area contributed by atoms with E-state index in [-0.39, 0.29) is 5.56 Å². The van der Waals surface area contributed by atoms with Crippen molar-refractivity contribution in [2.45, 2.75) is 25.3 Å². The van der Waals surface area contributed by atoms with E-state index in [0.717, 1.165) is 6.54 Å². The van der Waals surface area contributed by atoms with Gasteiger partial charge in [0.2, 0.25) is 0 Å². The topological polar surface area (TPSA) is 49.8 Å². The van der Waals surface area contributed by atoms with Gasteiger partial charge in [-0.2, -0.15) is 0 Å². The molecule has 0 spiro atoms. The van der Waals surface area contributed by atoms with Crippen LogP contribution in [0.3, 0.4) is 0 Å².